The molecule has 0 bridgehead atoms. The Morgan fingerprint density at radius 1 is 1.13 bits per heavy atom. The summed E-state index contributed by atoms with van der Waals surface area (Å²) in [5.41, 5.74) is 7.05. The van der Waals surface area contributed by atoms with E-state index in [1.54, 1.807) is 0 Å². The fraction of sp³-hybridized carbons (Fsp3) is 0.417. The quantitative estimate of drug-likeness (QED) is 0.796. The fourth-order valence-electron chi connectivity index (χ4n) is 2.05. The molecule has 0 aliphatic heterocycles. The van der Waals surface area contributed by atoms with Crippen LogP contribution in [0.15, 0.2) is 24.3 Å². The molecule has 2 nitrogen and oxygen atoms in total. The van der Waals surface area contributed by atoms with Crippen LogP contribution in [0, 0.1) is 0 Å². The third kappa shape index (κ3) is 2.21. The van der Waals surface area contributed by atoms with Crippen molar-refractivity contribution in [2.24, 2.45) is 5.73 Å². The number of carbonyl (C=O) groups excluding carboxylic acids is 1. The number of hydrogen-bond acceptors (Lipinski definition) is 2. The highest BCUT2D eigenvalue weighted by molar-refractivity contribution is 6.30. The van der Waals surface area contributed by atoms with Gasteiger partial charge in [0.25, 0.3) is 0 Å². The fourth-order valence-corrected chi connectivity index (χ4v) is 2.17. The number of ketones is 1. The number of nitrogens with two attached hydrogens (primary N) is 1. The van der Waals surface area contributed by atoms with Crippen molar-refractivity contribution in [3.8, 4) is 0 Å². The van der Waals surface area contributed by atoms with Crippen LogP contribution >= 0.6 is 11.6 Å². The Morgan fingerprint density at radius 2 is 1.67 bits per heavy atom. The molecule has 2 N–H and O–H groups in total. The first-order valence-electron chi connectivity index (χ1n) is 5.17. The summed E-state index contributed by atoms with van der Waals surface area (Å²) in [7, 11) is 0. The van der Waals surface area contributed by atoms with E-state index in [1.165, 1.54) is 0 Å². The van der Waals surface area contributed by atoms with Gasteiger partial charge in [-0.3, -0.25) is 4.79 Å². The molecule has 0 heterocycles. The second-order valence-electron chi connectivity index (χ2n) is 4.20. The number of rotatable bonds is 1. The van der Waals surface area contributed by atoms with Crippen LogP contribution in [0.2, 0.25) is 5.02 Å². The molecule has 15 heavy (non-hydrogen) atoms. The third-order valence-corrected chi connectivity index (χ3v) is 3.37. The van der Waals surface area contributed by atoms with Crippen molar-refractivity contribution in [3.63, 3.8) is 0 Å². The number of benzene rings is 1. The Labute approximate surface area is 94.4 Å². The van der Waals surface area contributed by atoms with Gasteiger partial charge in [-0.2, -0.15) is 0 Å². The molecule has 80 valence electrons. The Balaban J connectivity index is 2.22. The molecular formula is C12H14ClNO. The molecule has 1 aromatic rings. The highest BCUT2D eigenvalue weighted by atomic mass is 35.5. The summed E-state index contributed by atoms with van der Waals surface area (Å²) in [4.78, 5) is 11.2. The summed E-state index contributed by atoms with van der Waals surface area (Å²) >= 11 is 5.82. The van der Waals surface area contributed by atoms with Crippen LogP contribution in [0.3, 0.4) is 0 Å². The molecule has 0 saturated heterocycles. The molecule has 1 aliphatic carbocycles. The van der Waals surface area contributed by atoms with Gasteiger partial charge < -0.3 is 5.73 Å². The van der Waals surface area contributed by atoms with Gasteiger partial charge in [-0.15, -0.1) is 0 Å². The largest absolute Gasteiger partial charge is 0.321 e. The number of carbonyl (C=O) groups is 1. The van der Waals surface area contributed by atoms with Crippen molar-refractivity contribution in [3.05, 3.63) is 34.9 Å². The van der Waals surface area contributed by atoms with Crippen LogP contribution < -0.4 is 5.73 Å². The topological polar surface area (TPSA) is 43.1 Å². The van der Waals surface area contributed by atoms with Gasteiger partial charge in [0, 0.05) is 23.4 Å². The predicted molar refractivity (Wildman–Crippen MR) is 60.8 cm³/mol. The summed E-state index contributed by atoms with van der Waals surface area (Å²) in [6, 6.07) is 7.61. The molecule has 0 amide bonds. The monoisotopic (exact) mass is 223 g/mol. The molecular weight excluding hydrogens is 210 g/mol. The zero-order chi connectivity index (χ0) is 10.9. The smallest absolute Gasteiger partial charge is 0.133 e. The summed E-state index contributed by atoms with van der Waals surface area (Å²) in [5, 5.41) is 0.717. The Hall–Kier alpha value is -0.860. The van der Waals surface area contributed by atoms with Gasteiger partial charge >= 0.3 is 0 Å². The van der Waals surface area contributed by atoms with Crippen molar-refractivity contribution in [1.29, 1.82) is 0 Å². The lowest BCUT2D eigenvalue weighted by atomic mass is 9.77. The van der Waals surface area contributed by atoms with E-state index in [1.807, 2.05) is 24.3 Å². The SMILES string of the molecule is NC1(c2ccc(Cl)cc2)CCC(=O)CC1. The highest BCUT2D eigenvalue weighted by Crippen LogP contribution is 2.33. The summed E-state index contributed by atoms with van der Waals surface area (Å²) in [6.07, 6.45) is 2.68. The first-order chi connectivity index (χ1) is 7.10. The average molecular weight is 224 g/mol. The molecule has 2 rings (SSSR count). The van der Waals surface area contributed by atoms with Gasteiger partial charge in [0.1, 0.15) is 5.78 Å². The van der Waals surface area contributed by atoms with Gasteiger partial charge in [-0.25, -0.2) is 0 Å². The number of hydrogen-bond donors (Lipinski definition) is 1. The second-order valence-corrected chi connectivity index (χ2v) is 4.64. The third-order valence-electron chi connectivity index (χ3n) is 3.12. The van der Waals surface area contributed by atoms with Crippen molar-refractivity contribution >= 4 is 17.4 Å². The minimum Gasteiger partial charge on any atom is -0.321 e. The normalized spacial score (nSPS) is 20.3. The lowest BCUT2D eigenvalue weighted by molar-refractivity contribution is -0.121. The van der Waals surface area contributed by atoms with Gasteiger partial charge in [0.15, 0.2) is 0 Å². The van der Waals surface area contributed by atoms with E-state index in [-0.39, 0.29) is 5.54 Å². The van der Waals surface area contributed by atoms with Crippen molar-refractivity contribution in [2.75, 3.05) is 0 Å². The Morgan fingerprint density at radius 3 is 2.20 bits per heavy atom. The van der Waals surface area contributed by atoms with E-state index in [2.05, 4.69) is 0 Å². The van der Waals surface area contributed by atoms with Crippen molar-refractivity contribution in [1.82, 2.24) is 0 Å². The molecule has 0 unspecified atom stereocenters. The van der Waals surface area contributed by atoms with Crippen LogP contribution in [-0.4, -0.2) is 5.78 Å². The molecule has 0 radical (unpaired) electrons. The van der Waals surface area contributed by atoms with Crippen molar-refractivity contribution in [2.45, 2.75) is 31.2 Å². The van der Waals surface area contributed by atoms with Crippen molar-refractivity contribution < 1.29 is 4.79 Å². The van der Waals surface area contributed by atoms with E-state index < -0.39 is 0 Å². The molecule has 0 aromatic heterocycles. The van der Waals surface area contributed by atoms with Gasteiger partial charge in [-0.05, 0) is 30.5 Å². The van der Waals surface area contributed by atoms with Crippen LogP contribution in [0.25, 0.3) is 0 Å². The summed E-state index contributed by atoms with van der Waals surface area (Å²) in [5.74, 6) is 0.324. The van der Waals surface area contributed by atoms with E-state index in [9.17, 15) is 4.79 Å². The van der Waals surface area contributed by atoms with Crippen LogP contribution in [0.5, 0.6) is 0 Å². The van der Waals surface area contributed by atoms with Gasteiger partial charge in [0.2, 0.25) is 0 Å². The molecule has 3 heteroatoms. The minimum absolute atomic E-state index is 0.324. The number of Topliss-reactive ketones (excluding diaryl/α,β-unsaturated/α-hetero) is 1. The lowest BCUT2D eigenvalue weighted by Gasteiger charge is -2.33. The van der Waals surface area contributed by atoms with Gasteiger partial charge in [0.05, 0.1) is 0 Å². The van der Waals surface area contributed by atoms with Crippen LogP contribution in [0.4, 0.5) is 0 Å². The molecule has 1 saturated carbocycles. The zero-order valence-corrected chi connectivity index (χ0v) is 9.26. The van der Waals surface area contributed by atoms with E-state index in [4.69, 9.17) is 17.3 Å². The maximum atomic E-state index is 11.2. The first-order valence-corrected chi connectivity index (χ1v) is 5.55. The minimum atomic E-state index is -0.335. The molecule has 1 fully saturated rings. The Kier molecular flexibility index (Phi) is 2.81. The highest BCUT2D eigenvalue weighted by Gasteiger charge is 2.32. The Bertz CT molecular complexity index is 362. The lowest BCUT2D eigenvalue weighted by Crippen LogP contribution is -2.40. The van der Waals surface area contributed by atoms with E-state index in [0.717, 1.165) is 18.4 Å². The van der Waals surface area contributed by atoms with E-state index in [0.29, 0.717) is 23.6 Å². The number of halogens is 1. The van der Waals surface area contributed by atoms with Crippen LogP contribution in [0.1, 0.15) is 31.2 Å². The molecule has 0 atom stereocenters. The van der Waals surface area contributed by atoms with Crippen LogP contribution in [-0.2, 0) is 10.3 Å². The zero-order valence-electron chi connectivity index (χ0n) is 8.50. The standard InChI is InChI=1S/C12H14ClNO/c13-10-3-1-9(2-4-10)12(14)7-5-11(15)6-8-12/h1-4H,5-8,14H2. The maximum absolute atomic E-state index is 11.2. The molecule has 0 spiro atoms. The predicted octanol–water partition coefficient (Wildman–Crippen LogP) is 2.64. The maximum Gasteiger partial charge on any atom is 0.133 e. The second kappa shape index (κ2) is 3.95. The van der Waals surface area contributed by atoms with Gasteiger partial charge in [-0.1, -0.05) is 23.7 Å². The summed E-state index contributed by atoms with van der Waals surface area (Å²) < 4.78 is 0. The van der Waals surface area contributed by atoms with E-state index >= 15 is 0 Å². The molecule has 1 aliphatic rings. The average Bonchev–Trinajstić information content (AvgIpc) is 2.24. The summed E-state index contributed by atoms with van der Waals surface area (Å²) in [6.45, 7) is 0. The first kappa shape index (κ1) is 10.7. The molecule has 1 aromatic carbocycles.